The molecule has 3 atom stereocenters. The second-order valence-corrected chi connectivity index (χ2v) is 7.21. The highest BCUT2D eigenvalue weighted by Gasteiger charge is 2.49. The van der Waals surface area contributed by atoms with E-state index in [1.54, 1.807) is 6.92 Å². The third-order valence-corrected chi connectivity index (χ3v) is 5.75. The maximum Gasteiger partial charge on any atom is 0.219 e. The Hall–Kier alpha value is -1.43. The molecule has 0 saturated carbocycles. The fourth-order valence-corrected chi connectivity index (χ4v) is 4.59. The minimum absolute atomic E-state index is 0.186. The van der Waals surface area contributed by atoms with Crippen molar-refractivity contribution in [2.75, 3.05) is 46.1 Å². The maximum atomic E-state index is 12.2. The summed E-state index contributed by atoms with van der Waals surface area (Å²) >= 11 is 0. The lowest BCUT2D eigenvalue weighted by atomic mass is 9.89. The van der Waals surface area contributed by atoms with Gasteiger partial charge in [0.25, 0.3) is 0 Å². The molecule has 4 rings (SSSR count). The number of carbonyl (C=O) groups excluding carboxylic acids is 1. The van der Waals surface area contributed by atoms with Crippen LogP contribution in [-0.2, 0) is 14.3 Å². The quantitative estimate of drug-likeness (QED) is 0.825. The van der Waals surface area contributed by atoms with Crippen LogP contribution in [0.3, 0.4) is 0 Å². The average molecular weight is 330 g/mol. The Balaban J connectivity index is 1.54. The molecule has 24 heavy (non-hydrogen) atoms. The molecule has 0 radical (unpaired) electrons. The van der Waals surface area contributed by atoms with Crippen LogP contribution in [0.15, 0.2) is 30.3 Å². The van der Waals surface area contributed by atoms with Crippen LogP contribution in [0, 0.1) is 11.8 Å². The highest BCUT2D eigenvalue weighted by molar-refractivity contribution is 5.74. The Kier molecular flexibility index (Phi) is 4.57. The highest BCUT2D eigenvalue weighted by atomic mass is 16.5. The number of hydrogen-bond donors (Lipinski definition) is 0. The lowest BCUT2D eigenvalue weighted by Crippen LogP contribution is -2.42. The molecule has 0 N–H and O–H groups in total. The molecule has 0 bridgehead atoms. The molecule has 3 saturated heterocycles. The highest BCUT2D eigenvalue weighted by Crippen LogP contribution is 2.45. The van der Waals surface area contributed by atoms with E-state index in [9.17, 15) is 4.79 Å². The van der Waals surface area contributed by atoms with Crippen molar-refractivity contribution in [1.82, 2.24) is 9.80 Å². The lowest BCUT2D eigenvalue weighted by molar-refractivity contribution is -0.130. The zero-order chi connectivity index (χ0) is 16.5. The lowest BCUT2D eigenvalue weighted by Gasteiger charge is -2.31. The summed E-state index contributed by atoms with van der Waals surface area (Å²) in [4.78, 5) is 16.8. The SMILES string of the molecule is CC(=O)N1C[C@H]2CN(C3COCCOC3)C[C@H]2[C@H]1c1ccccc1. The van der Waals surface area contributed by atoms with Crippen molar-refractivity contribution in [3.05, 3.63) is 35.9 Å². The average Bonchev–Trinajstić information content (AvgIpc) is 3.02. The Morgan fingerprint density at radius 1 is 1.04 bits per heavy atom. The van der Waals surface area contributed by atoms with E-state index in [2.05, 4.69) is 34.1 Å². The van der Waals surface area contributed by atoms with Crippen molar-refractivity contribution in [3.63, 3.8) is 0 Å². The van der Waals surface area contributed by atoms with Gasteiger partial charge in [0.15, 0.2) is 0 Å². The van der Waals surface area contributed by atoms with Crippen LogP contribution >= 0.6 is 0 Å². The van der Waals surface area contributed by atoms with Gasteiger partial charge in [0.2, 0.25) is 5.91 Å². The second kappa shape index (κ2) is 6.82. The molecule has 1 aromatic rings. The predicted octanol–water partition coefficient (Wildman–Crippen LogP) is 1.55. The maximum absolute atomic E-state index is 12.2. The van der Waals surface area contributed by atoms with Gasteiger partial charge < -0.3 is 14.4 Å². The first kappa shape index (κ1) is 16.1. The summed E-state index contributed by atoms with van der Waals surface area (Å²) in [5.41, 5.74) is 1.26. The third kappa shape index (κ3) is 2.96. The molecule has 5 nitrogen and oxygen atoms in total. The van der Waals surface area contributed by atoms with Crippen molar-refractivity contribution < 1.29 is 14.3 Å². The van der Waals surface area contributed by atoms with Crippen molar-refractivity contribution in [2.24, 2.45) is 11.8 Å². The van der Waals surface area contributed by atoms with Gasteiger partial charge in [0.05, 0.1) is 38.5 Å². The van der Waals surface area contributed by atoms with Crippen molar-refractivity contribution in [1.29, 1.82) is 0 Å². The number of fused-ring (bicyclic) bond motifs is 1. The van der Waals surface area contributed by atoms with Gasteiger partial charge in [0, 0.05) is 32.5 Å². The summed E-state index contributed by atoms with van der Waals surface area (Å²) < 4.78 is 11.4. The van der Waals surface area contributed by atoms with Crippen molar-refractivity contribution in [3.8, 4) is 0 Å². The number of ether oxygens (including phenoxy) is 2. The fourth-order valence-electron chi connectivity index (χ4n) is 4.59. The van der Waals surface area contributed by atoms with E-state index < -0.39 is 0 Å². The molecule has 5 heteroatoms. The van der Waals surface area contributed by atoms with Gasteiger partial charge in [-0.3, -0.25) is 9.69 Å². The van der Waals surface area contributed by atoms with Crippen LogP contribution in [0.25, 0.3) is 0 Å². The van der Waals surface area contributed by atoms with Gasteiger partial charge in [-0.1, -0.05) is 30.3 Å². The first-order chi connectivity index (χ1) is 11.7. The Labute approximate surface area is 143 Å². The van der Waals surface area contributed by atoms with E-state index >= 15 is 0 Å². The second-order valence-electron chi connectivity index (χ2n) is 7.21. The molecule has 3 aliphatic heterocycles. The van der Waals surface area contributed by atoms with Gasteiger partial charge >= 0.3 is 0 Å². The molecular formula is C19H26N2O3. The predicted molar refractivity (Wildman–Crippen MR) is 90.5 cm³/mol. The molecule has 1 amide bonds. The molecule has 130 valence electrons. The largest absolute Gasteiger partial charge is 0.377 e. The molecule has 3 aliphatic rings. The Bertz CT molecular complexity index is 571. The Morgan fingerprint density at radius 3 is 2.42 bits per heavy atom. The number of amides is 1. The first-order valence-electron chi connectivity index (χ1n) is 8.95. The van der Waals surface area contributed by atoms with E-state index in [0.29, 0.717) is 31.1 Å². The molecule has 1 aromatic carbocycles. The third-order valence-electron chi connectivity index (χ3n) is 5.75. The van der Waals surface area contributed by atoms with E-state index in [4.69, 9.17) is 9.47 Å². The van der Waals surface area contributed by atoms with Gasteiger partial charge in [-0.25, -0.2) is 0 Å². The number of likely N-dealkylation sites (tertiary alicyclic amines) is 2. The number of carbonyl (C=O) groups is 1. The number of hydrogen-bond acceptors (Lipinski definition) is 4. The summed E-state index contributed by atoms with van der Waals surface area (Å²) in [6.45, 7) is 7.52. The van der Waals surface area contributed by atoms with Crippen LogP contribution in [0.2, 0.25) is 0 Å². The van der Waals surface area contributed by atoms with Crippen LogP contribution in [-0.4, -0.2) is 67.8 Å². The molecule has 0 aromatic heterocycles. The van der Waals surface area contributed by atoms with Crippen LogP contribution in [0.4, 0.5) is 0 Å². The number of benzene rings is 1. The summed E-state index contributed by atoms with van der Waals surface area (Å²) in [6, 6.07) is 11.0. The van der Waals surface area contributed by atoms with Gasteiger partial charge in [-0.15, -0.1) is 0 Å². The van der Waals surface area contributed by atoms with Gasteiger partial charge in [-0.05, 0) is 11.5 Å². The minimum Gasteiger partial charge on any atom is -0.377 e. The van der Waals surface area contributed by atoms with E-state index in [1.165, 1.54) is 5.56 Å². The van der Waals surface area contributed by atoms with E-state index in [-0.39, 0.29) is 11.9 Å². The minimum atomic E-state index is 0.186. The standard InChI is InChI=1S/C19H26N2O3/c1-14(22)21-10-16-9-20(17-12-23-7-8-24-13-17)11-18(16)19(21)15-5-3-2-4-6-15/h2-6,16-19H,7-13H2,1H3/t16-,18-,19-/m1/s1. The zero-order valence-electron chi connectivity index (χ0n) is 14.3. The molecule has 0 aliphatic carbocycles. The molecule has 0 unspecified atom stereocenters. The molecule has 3 fully saturated rings. The van der Waals surface area contributed by atoms with Gasteiger partial charge in [-0.2, -0.15) is 0 Å². The van der Waals surface area contributed by atoms with Crippen LogP contribution in [0.1, 0.15) is 18.5 Å². The van der Waals surface area contributed by atoms with Gasteiger partial charge in [0.1, 0.15) is 0 Å². The summed E-state index contributed by atoms with van der Waals surface area (Å²) in [5.74, 6) is 1.23. The zero-order valence-corrected chi connectivity index (χ0v) is 14.3. The van der Waals surface area contributed by atoms with E-state index in [1.807, 2.05) is 6.07 Å². The van der Waals surface area contributed by atoms with Crippen LogP contribution in [0.5, 0.6) is 0 Å². The normalized spacial score (nSPS) is 31.9. The summed E-state index contributed by atoms with van der Waals surface area (Å²) in [6.07, 6.45) is 0. The van der Waals surface area contributed by atoms with Crippen molar-refractivity contribution in [2.45, 2.75) is 19.0 Å². The number of nitrogens with zero attached hydrogens (tertiary/aromatic N) is 2. The molecular weight excluding hydrogens is 304 g/mol. The fraction of sp³-hybridized carbons (Fsp3) is 0.632. The molecule has 0 spiro atoms. The first-order valence-corrected chi connectivity index (χ1v) is 8.95. The van der Waals surface area contributed by atoms with E-state index in [0.717, 1.165) is 32.8 Å². The molecule has 3 heterocycles. The summed E-state index contributed by atoms with van der Waals surface area (Å²) in [7, 11) is 0. The number of rotatable bonds is 2. The topological polar surface area (TPSA) is 42.0 Å². The summed E-state index contributed by atoms with van der Waals surface area (Å²) in [5, 5.41) is 0. The van der Waals surface area contributed by atoms with Crippen molar-refractivity contribution >= 4 is 5.91 Å². The smallest absolute Gasteiger partial charge is 0.219 e. The van der Waals surface area contributed by atoms with Crippen LogP contribution < -0.4 is 0 Å². The Morgan fingerprint density at radius 2 is 1.75 bits per heavy atom. The monoisotopic (exact) mass is 330 g/mol.